The lowest BCUT2D eigenvalue weighted by Gasteiger charge is -2.27. The highest BCUT2D eigenvalue weighted by Gasteiger charge is 2.17. The van der Waals surface area contributed by atoms with Crippen molar-refractivity contribution in [1.29, 1.82) is 0 Å². The van der Waals surface area contributed by atoms with Gasteiger partial charge in [0, 0.05) is 53.4 Å². The predicted molar refractivity (Wildman–Crippen MR) is 237 cm³/mol. The number of nitrogens with zero attached hydrogens (tertiary/aromatic N) is 2. The predicted octanol–water partition coefficient (Wildman–Crippen LogP) is 15.1. The molecule has 2 heterocycles. The molecular formula is C52H34N2S. The van der Waals surface area contributed by atoms with Crippen LogP contribution in [0.25, 0.3) is 80.7 Å². The van der Waals surface area contributed by atoms with Crippen molar-refractivity contribution in [2.45, 2.75) is 0 Å². The Kier molecular flexibility index (Phi) is 7.39. The minimum absolute atomic E-state index is 1.13. The quantitative estimate of drug-likeness (QED) is 0.166. The van der Waals surface area contributed by atoms with E-state index in [0.29, 0.717) is 0 Å². The van der Waals surface area contributed by atoms with Gasteiger partial charge in [-0.25, -0.2) is 0 Å². The van der Waals surface area contributed by atoms with E-state index in [2.05, 4.69) is 216 Å². The summed E-state index contributed by atoms with van der Waals surface area (Å²) < 4.78 is 5.00. The highest BCUT2D eigenvalue weighted by Crippen LogP contribution is 2.42. The van der Waals surface area contributed by atoms with E-state index < -0.39 is 0 Å². The van der Waals surface area contributed by atoms with Crippen molar-refractivity contribution in [2.75, 3.05) is 4.90 Å². The van der Waals surface area contributed by atoms with Crippen LogP contribution in [0.15, 0.2) is 206 Å². The Morgan fingerprint density at radius 2 is 0.945 bits per heavy atom. The van der Waals surface area contributed by atoms with Crippen molar-refractivity contribution in [3.8, 4) is 27.9 Å². The highest BCUT2D eigenvalue weighted by molar-refractivity contribution is 7.25. The first-order valence-corrected chi connectivity index (χ1v) is 19.6. The van der Waals surface area contributed by atoms with E-state index in [1.807, 2.05) is 11.3 Å². The molecule has 11 rings (SSSR count). The number of hydrogen-bond donors (Lipinski definition) is 0. The van der Waals surface area contributed by atoms with Crippen LogP contribution in [-0.2, 0) is 0 Å². The molecule has 9 aromatic carbocycles. The molecule has 0 saturated carbocycles. The molecule has 0 saturated heterocycles. The molecule has 2 aromatic heterocycles. The van der Waals surface area contributed by atoms with Gasteiger partial charge in [0.15, 0.2) is 0 Å². The summed E-state index contributed by atoms with van der Waals surface area (Å²) in [5.41, 5.74) is 11.9. The summed E-state index contributed by atoms with van der Waals surface area (Å²) in [6.07, 6.45) is 0. The maximum absolute atomic E-state index is 2.39. The lowest BCUT2D eigenvalue weighted by Crippen LogP contribution is -2.10. The first-order valence-electron chi connectivity index (χ1n) is 18.8. The molecular weight excluding hydrogens is 685 g/mol. The number of thiophene rings is 1. The van der Waals surface area contributed by atoms with Crippen LogP contribution in [0, 0.1) is 0 Å². The molecule has 0 aliphatic carbocycles. The van der Waals surface area contributed by atoms with Crippen molar-refractivity contribution in [2.24, 2.45) is 0 Å². The minimum atomic E-state index is 1.13. The van der Waals surface area contributed by atoms with Crippen LogP contribution in [0.3, 0.4) is 0 Å². The minimum Gasteiger partial charge on any atom is -0.310 e. The Morgan fingerprint density at radius 3 is 1.78 bits per heavy atom. The summed E-state index contributed by atoms with van der Waals surface area (Å²) in [5.74, 6) is 0. The Hall–Kier alpha value is -6.94. The molecule has 2 nitrogen and oxygen atoms in total. The Morgan fingerprint density at radius 1 is 0.345 bits per heavy atom. The van der Waals surface area contributed by atoms with Gasteiger partial charge < -0.3 is 9.47 Å². The standard InChI is InChI=1S/C52H34N2S/c1-3-14-40(15-4-1)53(48-21-11-13-36-12-7-8-18-43(36)48)42-27-22-35(23-28-42)39-25-30-46-47-32-37(26-31-51(47)55-52(46)34-39)38-24-29-45-44-19-9-10-20-49(44)54(50(45)33-38)41-16-5-2-6-17-41/h1-34H. The first kappa shape index (κ1) is 31.6. The summed E-state index contributed by atoms with van der Waals surface area (Å²) in [6, 6.07) is 75.1. The highest BCUT2D eigenvalue weighted by atomic mass is 32.1. The van der Waals surface area contributed by atoms with E-state index in [9.17, 15) is 0 Å². The second kappa shape index (κ2) is 12.9. The average Bonchev–Trinajstić information content (AvgIpc) is 3.79. The molecule has 0 amide bonds. The molecule has 0 fully saturated rings. The molecule has 0 aliphatic heterocycles. The summed E-state index contributed by atoms with van der Waals surface area (Å²) in [7, 11) is 0. The van der Waals surface area contributed by atoms with Gasteiger partial charge in [-0.2, -0.15) is 0 Å². The fourth-order valence-corrected chi connectivity index (χ4v) is 9.48. The van der Waals surface area contributed by atoms with Gasteiger partial charge in [0.25, 0.3) is 0 Å². The third-order valence-corrected chi connectivity index (χ3v) is 12.1. The molecule has 55 heavy (non-hydrogen) atoms. The fraction of sp³-hybridized carbons (Fsp3) is 0. The number of benzene rings is 9. The number of rotatable bonds is 6. The molecule has 3 heteroatoms. The van der Waals surface area contributed by atoms with Crippen LogP contribution in [0.2, 0.25) is 0 Å². The molecule has 0 atom stereocenters. The van der Waals surface area contributed by atoms with Crippen molar-refractivity contribution >= 4 is 81.1 Å². The first-order chi connectivity index (χ1) is 27.3. The Balaban J connectivity index is 0.959. The third kappa shape index (κ3) is 5.32. The Labute approximate surface area is 323 Å². The van der Waals surface area contributed by atoms with Crippen LogP contribution in [-0.4, -0.2) is 4.57 Å². The summed E-state index contributed by atoms with van der Waals surface area (Å²) in [6.45, 7) is 0. The zero-order valence-electron chi connectivity index (χ0n) is 29.9. The second-order valence-corrected chi connectivity index (χ2v) is 15.2. The van der Waals surface area contributed by atoms with E-state index in [1.165, 1.54) is 86.4 Å². The maximum atomic E-state index is 2.39. The summed E-state index contributed by atoms with van der Waals surface area (Å²) in [5, 5.41) is 7.61. The van der Waals surface area contributed by atoms with Crippen molar-refractivity contribution < 1.29 is 0 Å². The van der Waals surface area contributed by atoms with E-state index in [4.69, 9.17) is 0 Å². The molecule has 0 N–H and O–H groups in total. The van der Waals surface area contributed by atoms with Gasteiger partial charge in [0.2, 0.25) is 0 Å². The monoisotopic (exact) mass is 718 g/mol. The van der Waals surface area contributed by atoms with E-state index in [0.717, 1.165) is 11.4 Å². The molecule has 11 aromatic rings. The largest absolute Gasteiger partial charge is 0.310 e. The van der Waals surface area contributed by atoms with Crippen LogP contribution in [0.5, 0.6) is 0 Å². The number of anilines is 3. The van der Waals surface area contributed by atoms with Crippen LogP contribution < -0.4 is 4.90 Å². The summed E-state index contributed by atoms with van der Waals surface area (Å²) in [4.78, 5) is 2.36. The fourth-order valence-electron chi connectivity index (χ4n) is 8.35. The van der Waals surface area contributed by atoms with Crippen molar-refractivity contribution in [3.63, 3.8) is 0 Å². The number of fused-ring (bicyclic) bond motifs is 7. The van der Waals surface area contributed by atoms with Crippen LogP contribution >= 0.6 is 11.3 Å². The van der Waals surface area contributed by atoms with Gasteiger partial charge in [0.1, 0.15) is 0 Å². The average molecular weight is 719 g/mol. The molecule has 0 unspecified atom stereocenters. The number of aromatic nitrogens is 1. The smallest absolute Gasteiger partial charge is 0.0547 e. The molecule has 0 radical (unpaired) electrons. The third-order valence-electron chi connectivity index (χ3n) is 11.0. The van der Waals surface area contributed by atoms with Gasteiger partial charge >= 0.3 is 0 Å². The van der Waals surface area contributed by atoms with E-state index >= 15 is 0 Å². The number of hydrogen-bond acceptors (Lipinski definition) is 2. The van der Waals surface area contributed by atoms with Crippen LogP contribution in [0.4, 0.5) is 17.1 Å². The maximum Gasteiger partial charge on any atom is 0.0547 e. The lowest BCUT2D eigenvalue weighted by molar-refractivity contribution is 1.18. The zero-order chi connectivity index (χ0) is 36.3. The molecule has 0 aliphatic rings. The van der Waals surface area contributed by atoms with Crippen LogP contribution in [0.1, 0.15) is 0 Å². The topological polar surface area (TPSA) is 8.17 Å². The molecule has 0 bridgehead atoms. The van der Waals surface area contributed by atoms with Gasteiger partial charge in [0.05, 0.1) is 16.7 Å². The van der Waals surface area contributed by atoms with Gasteiger partial charge in [-0.05, 0) is 100 Å². The van der Waals surface area contributed by atoms with Gasteiger partial charge in [-0.15, -0.1) is 11.3 Å². The molecule has 0 spiro atoms. The lowest BCUT2D eigenvalue weighted by atomic mass is 10.00. The molecule has 258 valence electrons. The van der Waals surface area contributed by atoms with Crippen molar-refractivity contribution in [1.82, 2.24) is 4.57 Å². The van der Waals surface area contributed by atoms with Crippen molar-refractivity contribution in [3.05, 3.63) is 206 Å². The Bertz CT molecular complexity index is 3190. The van der Waals surface area contributed by atoms with E-state index in [-0.39, 0.29) is 0 Å². The van der Waals surface area contributed by atoms with E-state index in [1.54, 1.807) is 0 Å². The van der Waals surface area contributed by atoms with Gasteiger partial charge in [-0.1, -0.05) is 133 Å². The second-order valence-electron chi connectivity index (χ2n) is 14.2. The van der Waals surface area contributed by atoms with Gasteiger partial charge in [-0.3, -0.25) is 0 Å². The SMILES string of the molecule is c1ccc(N(c2ccc(-c3ccc4c(c3)sc3ccc(-c5ccc6c7ccccc7n(-c7ccccc7)c6c5)cc34)cc2)c2cccc3ccccc23)cc1. The number of para-hydroxylation sites is 3. The normalized spacial score (nSPS) is 11.6. The zero-order valence-corrected chi connectivity index (χ0v) is 30.7. The summed E-state index contributed by atoms with van der Waals surface area (Å²) >= 11 is 1.87.